The summed E-state index contributed by atoms with van der Waals surface area (Å²) in [7, 11) is 2.17. The highest BCUT2D eigenvalue weighted by Crippen LogP contribution is 2.33. The van der Waals surface area contributed by atoms with E-state index >= 15 is 0 Å². The molecule has 2 atom stereocenters. The number of likely N-dealkylation sites (tertiary alicyclic amines) is 1. The van der Waals surface area contributed by atoms with Crippen molar-refractivity contribution in [1.29, 1.82) is 0 Å². The summed E-state index contributed by atoms with van der Waals surface area (Å²) < 4.78 is 1.32. The van der Waals surface area contributed by atoms with Crippen LogP contribution in [0.1, 0.15) is 24.6 Å². The SMILES string of the molecule is CN1CCC(N)CC1c1nccc2sccc12. The van der Waals surface area contributed by atoms with E-state index in [0.29, 0.717) is 12.1 Å². The summed E-state index contributed by atoms with van der Waals surface area (Å²) in [5.41, 5.74) is 7.29. The summed E-state index contributed by atoms with van der Waals surface area (Å²) in [6.45, 7) is 1.06. The van der Waals surface area contributed by atoms with Crippen LogP contribution in [0.3, 0.4) is 0 Å². The maximum Gasteiger partial charge on any atom is 0.0662 e. The van der Waals surface area contributed by atoms with E-state index in [1.807, 2.05) is 6.20 Å². The summed E-state index contributed by atoms with van der Waals surface area (Å²) in [5.74, 6) is 0. The molecule has 3 nitrogen and oxygen atoms in total. The Hall–Kier alpha value is -0.970. The van der Waals surface area contributed by atoms with Crippen LogP contribution < -0.4 is 5.73 Å². The van der Waals surface area contributed by atoms with Gasteiger partial charge in [-0.3, -0.25) is 9.88 Å². The minimum atomic E-state index is 0.312. The molecule has 0 aliphatic carbocycles. The molecule has 3 heterocycles. The number of nitrogens with zero attached hydrogens (tertiary/aromatic N) is 2. The normalized spacial score (nSPS) is 26.5. The molecular weight excluding hydrogens is 230 g/mol. The smallest absolute Gasteiger partial charge is 0.0662 e. The Bertz CT molecular complexity index is 522. The summed E-state index contributed by atoms with van der Waals surface area (Å²) in [6.07, 6.45) is 4.02. The van der Waals surface area contributed by atoms with Crippen LogP contribution in [0.5, 0.6) is 0 Å². The molecule has 0 bridgehead atoms. The van der Waals surface area contributed by atoms with Gasteiger partial charge in [0, 0.05) is 22.3 Å². The zero-order valence-corrected chi connectivity index (χ0v) is 10.8. The van der Waals surface area contributed by atoms with E-state index in [1.54, 1.807) is 11.3 Å². The fraction of sp³-hybridized carbons (Fsp3) is 0.462. The predicted molar refractivity (Wildman–Crippen MR) is 72.2 cm³/mol. The Balaban J connectivity index is 2.04. The number of fused-ring (bicyclic) bond motifs is 1. The molecular formula is C13H17N3S. The summed E-state index contributed by atoms with van der Waals surface area (Å²) in [5, 5.41) is 3.43. The van der Waals surface area contributed by atoms with E-state index in [4.69, 9.17) is 5.73 Å². The van der Waals surface area contributed by atoms with E-state index in [0.717, 1.165) is 19.4 Å². The maximum absolute atomic E-state index is 6.09. The standard InChI is InChI=1S/C13H17N3S/c1-16-6-3-9(14)8-11(16)13-10-4-7-17-12(10)2-5-15-13/h2,4-5,7,9,11H,3,6,8,14H2,1H3. The van der Waals surface area contributed by atoms with Gasteiger partial charge in [-0.1, -0.05) is 0 Å². The molecule has 0 radical (unpaired) electrons. The van der Waals surface area contributed by atoms with Crippen molar-refractivity contribution in [2.45, 2.75) is 24.9 Å². The second kappa shape index (κ2) is 4.37. The van der Waals surface area contributed by atoms with Gasteiger partial charge < -0.3 is 5.73 Å². The van der Waals surface area contributed by atoms with Gasteiger partial charge in [0.1, 0.15) is 0 Å². The van der Waals surface area contributed by atoms with Crippen LogP contribution in [-0.4, -0.2) is 29.5 Å². The van der Waals surface area contributed by atoms with Crippen LogP contribution >= 0.6 is 11.3 Å². The molecule has 1 aliphatic heterocycles. The average Bonchev–Trinajstić information content (AvgIpc) is 2.80. The zero-order chi connectivity index (χ0) is 11.8. The number of hydrogen-bond acceptors (Lipinski definition) is 4. The molecule has 1 fully saturated rings. The summed E-state index contributed by atoms with van der Waals surface area (Å²) in [6, 6.07) is 4.95. The molecule has 0 aromatic carbocycles. The highest BCUT2D eigenvalue weighted by atomic mass is 32.1. The van der Waals surface area contributed by atoms with Gasteiger partial charge in [-0.05, 0) is 43.9 Å². The zero-order valence-electron chi connectivity index (χ0n) is 9.97. The molecule has 0 saturated carbocycles. The Morgan fingerprint density at radius 1 is 1.47 bits per heavy atom. The van der Waals surface area contributed by atoms with E-state index in [9.17, 15) is 0 Å². The van der Waals surface area contributed by atoms with Crippen molar-refractivity contribution in [2.75, 3.05) is 13.6 Å². The third-order valence-corrected chi connectivity index (χ3v) is 4.52. The molecule has 2 aromatic rings. The molecule has 17 heavy (non-hydrogen) atoms. The van der Waals surface area contributed by atoms with Crippen LogP contribution in [0.2, 0.25) is 0 Å². The molecule has 4 heteroatoms. The first-order valence-corrected chi connectivity index (χ1v) is 6.91. The van der Waals surface area contributed by atoms with Crippen molar-refractivity contribution in [3.05, 3.63) is 29.4 Å². The lowest BCUT2D eigenvalue weighted by molar-refractivity contribution is 0.169. The van der Waals surface area contributed by atoms with Gasteiger partial charge in [0.25, 0.3) is 0 Å². The van der Waals surface area contributed by atoms with Gasteiger partial charge in [0.15, 0.2) is 0 Å². The van der Waals surface area contributed by atoms with Gasteiger partial charge in [0.2, 0.25) is 0 Å². The van der Waals surface area contributed by atoms with Crippen LogP contribution in [0.25, 0.3) is 10.1 Å². The van der Waals surface area contributed by atoms with Gasteiger partial charge in [0.05, 0.1) is 11.7 Å². The minimum Gasteiger partial charge on any atom is -0.328 e. The fourth-order valence-electron chi connectivity index (χ4n) is 2.61. The van der Waals surface area contributed by atoms with Crippen molar-refractivity contribution in [3.63, 3.8) is 0 Å². The van der Waals surface area contributed by atoms with E-state index in [1.165, 1.54) is 15.8 Å². The monoisotopic (exact) mass is 247 g/mol. The number of aromatic nitrogens is 1. The number of thiophene rings is 1. The lowest BCUT2D eigenvalue weighted by Gasteiger charge is -2.35. The molecule has 0 amide bonds. The first-order chi connectivity index (χ1) is 8.25. The minimum absolute atomic E-state index is 0.312. The third kappa shape index (κ3) is 1.97. The Labute approximate surface area is 105 Å². The van der Waals surface area contributed by atoms with Crippen LogP contribution in [0.15, 0.2) is 23.7 Å². The first kappa shape index (κ1) is 11.1. The fourth-order valence-corrected chi connectivity index (χ4v) is 3.40. The lowest BCUT2D eigenvalue weighted by atomic mass is 9.94. The van der Waals surface area contributed by atoms with Crippen molar-refractivity contribution < 1.29 is 0 Å². The molecule has 0 spiro atoms. The average molecular weight is 247 g/mol. The third-order valence-electron chi connectivity index (χ3n) is 3.64. The van der Waals surface area contributed by atoms with E-state index in [-0.39, 0.29) is 0 Å². The molecule has 2 N–H and O–H groups in total. The van der Waals surface area contributed by atoms with E-state index < -0.39 is 0 Å². The molecule has 2 unspecified atom stereocenters. The van der Waals surface area contributed by atoms with Crippen molar-refractivity contribution in [3.8, 4) is 0 Å². The van der Waals surface area contributed by atoms with E-state index in [2.05, 4.69) is 34.4 Å². The Kier molecular flexibility index (Phi) is 2.86. The number of pyridine rings is 1. The molecule has 1 saturated heterocycles. The van der Waals surface area contributed by atoms with Gasteiger partial charge >= 0.3 is 0 Å². The molecule has 1 aliphatic rings. The van der Waals surface area contributed by atoms with Crippen molar-refractivity contribution in [1.82, 2.24) is 9.88 Å². The second-order valence-corrected chi connectivity index (χ2v) is 5.76. The number of nitrogens with two attached hydrogens (primary N) is 1. The van der Waals surface area contributed by atoms with Gasteiger partial charge in [-0.25, -0.2) is 0 Å². The quantitative estimate of drug-likeness (QED) is 0.841. The Morgan fingerprint density at radius 2 is 2.35 bits per heavy atom. The molecule has 2 aromatic heterocycles. The number of piperidine rings is 1. The topological polar surface area (TPSA) is 42.1 Å². The van der Waals surface area contributed by atoms with Crippen LogP contribution in [0.4, 0.5) is 0 Å². The van der Waals surface area contributed by atoms with Crippen molar-refractivity contribution in [2.24, 2.45) is 5.73 Å². The van der Waals surface area contributed by atoms with Gasteiger partial charge in [-0.15, -0.1) is 11.3 Å². The maximum atomic E-state index is 6.09. The number of rotatable bonds is 1. The van der Waals surface area contributed by atoms with Gasteiger partial charge in [-0.2, -0.15) is 0 Å². The van der Waals surface area contributed by atoms with Crippen molar-refractivity contribution >= 4 is 21.4 Å². The summed E-state index contributed by atoms with van der Waals surface area (Å²) in [4.78, 5) is 6.97. The van der Waals surface area contributed by atoms with Crippen LogP contribution in [0, 0.1) is 0 Å². The highest BCUT2D eigenvalue weighted by molar-refractivity contribution is 7.17. The first-order valence-electron chi connectivity index (χ1n) is 6.03. The highest BCUT2D eigenvalue weighted by Gasteiger charge is 2.27. The molecule has 90 valence electrons. The Morgan fingerprint density at radius 3 is 3.24 bits per heavy atom. The van der Waals surface area contributed by atoms with Crippen LogP contribution in [-0.2, 0) is 0 Å². The molecule has 3 rings (SSSR count). The summed E-state index contributed by atoms with van der Waals surface area (Å²) >= 11 is 1.78. The largest absolute Gasteiger partial charge is 0.328 e. The second-order valence-electron chi connectivity index (χ2n) is 4.81. The lowest BCUT2D eigenvalue weighted by Crippen LogP contribution is -2.40. The predicted octanol–water partition coefficient (Wildman–Crippen LogP) is 2.39. The number of hydrogen-bond donors (Lipinski definition) is 1.